The second kappa shape index (κ2) is 9.61. The maximum absolute atomic E-state index is 12.3. The van der Waals surface area contributed by atoms with Gasteiger partial charge in [-0.05, 0) is 79.8 Å². The van der Waals surface area contributed by atoms with Gasteiger partial charge in [0.25, 0.3) is 0 Å². The average molecular weight is 408 g/mol. The van der Waals surface area contributed by atoms with Gasteiger partial charge >= 0.3 is 0 Å². The number of ether oxygens (including phenoxy) is 2. The van der Waals surface area contributed by atoms with Gasteiger partial charge < -0.3 is 14.4 Å². The minimum atomic E-state index is 0.259. The highest BCUT2D eigenvalue weighted by atomic mass is 16.5. The van der Waals surface area contributed by atoms with E-state index in [1.807, 2.05) is 37.3 Å². The van der Waals surface area contributed by atoms with Crippen LogP contribution >= 0.6 is 0 Å². The molecule has 30 heavy (non-hydrogen) atoms. The van der Waals surface area contributed by atoms with Crippen LogP contribution in [-0.2, 0) is 4.79 Å². The zero-order chi connectivity index (χ0) is 21.7. The second-order valence-corrected chi connectivity index (χ2v) is 7.72. The van der Waals surface area contributed by atoms with Crippen molar-refractivity contribution in [3.63, 3.8) is 0 Å². The lowest BCUT2D eigenvalue weighted by atomic mass is 9.84. The Hall–Kier alpha value is -3.08. The molecule has 0 N–H and O–H groups in total. The van der Waals surface area contributed by atoms with Crippen LogP contribution in [0.2, 0.25) is 0 Å². The summed E-state index contributed by atoms with van der Waals surface area (Å²) < 4.78 is 10.2. The summed E-state index contributed by atoms with van der Waals surface area (Å²) in [6, 6.07) is 11.3. The van der Waals surface area contributed by atoms with Gasteiger partial charge in [-0.2, -0.15) is 0 Å². The molecule has 5 heteroatoms. The molecule has 0 saturated carbocycles. The topological polar surface area (TPSA) is 55.8 Å². The van der Waals surface area contributed by atoms with Crippen LogP contribution in [0.4, 0.5) is 0 Å². The highest BCUT2D eigenvalue weighted by Crippen LogP contribution is 2.33. The number of hydrogen-bond donors (Lipinski definition) is 0. The van der Waals surface area contributed by atoms with Crippen LogP contribution in [0.15, 0.2) is 42.1 Å². The SMILES string of the molecule is COc1ccc(/C=C2\C(=O)C3CCN2CC3)c(C)c1.COc1ccc(C=O)c(C)c1. The van der Waals surface area contributed by atoms with E-state index < -0.39 is 0 Å². The predicted octanol–water partition coefficient (Wildman–Crippen LogP) is 4.46. The number of hydrogen-bond acceptors (Lipinski definition) is 5. The molecule has 3 heterocycles. The normalized spacial score (nSPS) is 16.9. The number of benzene rings is 2. The molecule has 0 radical (unpaired) electrons. The lowest BCUT2D eigenvalue weighted by molar-refractivity contribution is -0.125. The van der Waals surface area contributed by atoms with Gasteiger partial charge in [0.1, 0.15) is 17.8 Å². The monoisotopic (exact) mass is 407 g/mol. The van der Waals surface area contributed by atoms with E-state index in [2.05, 4.69) is 11.8 Å². The van der Waals surface area contributed by atoms with Gasteiger partial charge in [0.05, 0.1) is 19.9 Å². The molecule has 3 aliphatic heterocycles. The molecule has 3 fully saturated rings. The smallest absolute Gasteiger partial charge is 0.182 e. The van der Waals surface area contributed by atoms with Gasteiger partial charge in [-0.15, -0.1) is 0 Å². The fourth-order valence-electron chi connectivity index (χ4n) is 3.90. The summed E-state index contributed by atoms with van der Waals surface area (Å²) in [5, 5.41) is 0. The van der Waals surface area contributed by atoms with Gasteiger partial charge in [0.2, 0.25) is 0 Å². The van der Waals surface area contributed by atoms with Crippen molar-refractivity contribution in [1.29, 1.82) is 0 Å². The second-order valence-electron chi connectivity index (χ2n) is 7.72. The van der Waals surface area contributed by atoms with E-state index in [0.717, 1.165) is 66.1 Å². The Kier molecular flexibility index (Phi) is 6.93. The molecule has 0 unspecified atom stereocenters. The molecule has 5 rings (SSSR count). The standard InChI is InChI=1S/C16H19NO2.C9H10O2/c1-11-9-14(19-2)4-3-13(11)10-15-16(18)12-5-7-17(15)8-6-12;1-7-5-9(11-2)4-3-8(7)6-10/h3-4,9-10,12H,5-8H2,1-2H3;3-6H,1-2H3/b15-10+;. The lowest BCUT2D eigenvalue weighted by Crippen LogP contribution is -2.45. The van der Waals surface area contributed by atoms with Crippen LogP contribution in [0, 0.1) is 19.8 Å². The number of piperidine rings is 3. The number of carbonyl (C=O) groups excluding carboxylic acids is 2. The Bertz CT molecular complexity index is 956. The molecule has 0 atom stereocenters. The summed E-state index contributed by atoms with van der Waals surface area (Å²) in [6.07, 6.45) is 4.94. The van der Waals surface area contributed by atoms with Crippen LogP contribution in [0.25, 0.3) is 6.08 Å². The lowest BCUT2D eigenvalue weighted by Gasteiger charge is -2.41. The first kappa shape index (κ1) is 21.6. The van der Waals surface area contributed by atoms with Crippen LogP contribution < -0.4 is 9.47 Å². The summed E-state index contributed by atoms with van der Waals surface area (Å²) >= 11 is 0. The van der Waals surface area contributed by atoms with Crippen molar-refractivity contribution in [2.45, 2.75) is 26.7 Å². The highest BCUT2D eigenvalue weighted by Gasteiger charge is 2.36. The summed E-state index contributed by atoms with van der Waals surface area (Å²) in [5.41, 5.74) is 4.81. The third-order valence-corrected chi connectivity index (χ3v) is 5.83. The maximum Gasteiger partial charge on any atom is 0.182 e. The molecule has 2 aromatic carbocycles. The van der Waals surface area contributed by atoms with Crippen molar-refractivity contribution in [2.24, 2.45) is 5.92 Å². The molecular formula is C25H29NO4. The quantitative estimate of drug-likeness (QED) is 0.553. The fraction of sp³-hybridized carbons (Fsp3) is 0.360. The minimum absolute atomic E-state index is 0.259. The largest absolute Gasteiger partial charge is 0.497 e. The number of ketones is 1. The molecule has 5 nitrogen and oxygen atoms in total. The van der Waals surface area contributed by atoms with E-state index in [-0.39, 0.29) is 5.92 Å². The molecule has 0 spiro atoms. The van der Waals surface area contributed by atoms with E-state index >= 15 is 0 Å². The van der Waals surface area contributed by atoms with Crippen molar-refractivity contribution < 1.29 is 19.1 Å². The first-order valence-electron chi connectivity index (χ1n) is 10.2. The third-order valence-electron chi connectivity index (χ3n) is 5.83. The van der Waals surface area contributed by atoms with Gasteiger partial charge in [0, 0.05) is 24.6 Å². The number of nitrogens with zero attached hydrogens (tertiary/aromatic N) is 1. The summed E-state index contributed by atoms with van der Waals surface area (Å²) in [4.78, 5) is 24.9. The first-order valence-corrected chi connectivity index (χ1v) is 10.2. The van der Waals surface area contributed by atoms with Gasteiger partial charge in [0.15, 0.2) is 5.78 Å². The number of fused-ring (bicyclic) bond motifs is 3. The van der Waals surface area contributed by atoms with E-state index in [4.69, 9.17) is 9.47 Å². The number of rotatable bonds is 4. The molecule has 3 saturated heterocycles. The third kappa shape index (κ3) is 4.73. The van der Waals surface area contributed by atoms with Crippen molar-refractivity contribution in [1.82, 2.24) is 4.90 Å². The fourth-order valence-corrected chi connectivity index (χ4v) is 3.90. The zero-order valence-corrected chi connectivity index (χ0v) is 18.1. The van der Waals surface area contributed by atoms with Gasteiger partial charge in [-0.3, -0.25) is 9.59 Å². The molecule has 2 bridgehead atoms. The zero-order valence-electron chi connectivity index (χ0n) is 18.1. The molecule has 0 aromatic heterocycles. The van der Waals surface area contributed by atoms with E-state index in [1.165, 1.54) is 0 Å². The highest BCUT2D eigenvalue weighted by molar-refractivity contribution is 6.02. The van der Waals surface area contributed by atoms with Crippen molar-refractivity contribution in [3.05, 3.63) is 64.3 Å². The number of methoxy groups -OCH3 is 2. The van der Waals surface area contributed by atoms with Gasteiger partial charge in [-0.1, -0.05) is 6.07 Å². The Morgan fingerprint density at radius 1 is 0.900 bits per heavy atom. The number of aldehydes is 1. The Morgan fingerprint density at radius 2 is 1.43 bits per heavy atom. The Balaban J connectivity index is 0.000000199. The van der Waals surface area contributed by atoms with Crippen LogP contribution in [0.5, 0.6) is 11.5 Å². The molecule has 3 aliphatic rings. The molecule has 2 aromatic rings. The summed E-state index contributed by atoms with van der Waals surface area (Å²) in [6.45, 7) is 5.98. The van der Waals surface area contributed by atoms with Crippen LogP contribution in [-0.4, -0.2) is 44.3 Å². The van der Waals surface area contributed by atoms with E-state index in [0.29, 0.717) is 11.3 Å². The Labute approximate surface area is 178 Å². The minimum Gasteiger partial charge on any atom is -0.497 e. The molecular weight excluding hydrogens is 378 g/mol. The summed E-state index contributed by atoms with van der Waals surface area (Å²) in [7, 11) is 3.28. The number of allylic oxidation sites excluding steroid dienone is 1. The predicted molar refractivity (Wildman–Crippen MR) is 118 cm³/mol. The first-order chi connectivity index (χ1) is 14.5. The van der Waals surface area contributed by atoms with Crippen molar-refractivity contribution in [2.75, 3.05) is 27.3 Å². The van der Waals surface area contributed by atoms with E-state index in [1.54, 1.807) is 26.4 Å². The number of Topliss-reactive ketones (excluding diaryl/α,β-unsaturated/α-hetero) is 1. The van der Waals surface area contributed by atoms with E-state index in [9.17, 15) is 9.59 Å². The average Bonchev–Trinajstić information content (AvgIpc) is 2.77. The summed E-state index contributed by atoms with van der Waals surface area (Å²) in [5.74, 6) is 2.23. The van der Waals surface area contributed by atoms with Gasteiger partial charge in [-0.25, -0.2) is 0 Å². The molecule has 158 valence electrons. The number of carbonyl (C=O) groups is 2. The maximum atomic E-state index is 12.3. The van der Waals surface area contributed by atoms with Crippen LogP contribution in [0.3, 0.4) is 0 Å². The number of aryl methyl sites for hydroxylation is 2. The van der Waals surface area contributed by atoms with Crippen molar-refractivity contribution in [3.8, 4) is 11.5 Å². The van der Waals surface area contributed by atoms with Crippen molar-refractivity contribution >= 4 is 18.1 Å². The molecule has 0 amide bonds. The molecule has 0 aliphatic carbocycles. The van der Waals surface area contributed by atoms with Crippen LogP contribution in [0.1, 0.15) is 39.9 Å². The Morgan fingerprint density at radius 3 is 1.87 bits per heavy atom.